The van der Waals surface area contributed by atoms with Gasteiger partial charge in [-0.3, -0.25) is 0 Å². The van der Waals surface area contributed by atoms with Crippen molar-refractivity contribution in [3.05, 3.63) is 12.4 Å². The molecule has 1 aliphatic heterocycles. The molecule has 2 heteroatoms. The Kier molecular flexibility index (Phi) is 32.6. The fourth-order valence-electron chi connectivity index (χ4n) is 7.42. The Morgan fingerprint density at radius 1 is 0.289 bits per heavy atom. The molecule has 0 aliphatic carbocycles. The standard InChI is InChI=1S/C43H86N2/c1-4-7-10-13-16-18-20-22-23-24-25-27-29-32-35-38-43-44(39-36-33-30-15-12-9-6-3)41-42-45(43)40-37-34-31-28-26-21-19-17-14-11-8-5-2/h41-43H,4-40H2,1-3H3. The zero-order chi connectivity index (χ0) is 32.3. The van der Waals surface area contributed by atoms with Crippen LogP contribution in [0.15, 0.2) is 12.4 Å². The van der Waals surface area contributed by atoms with Crippen molar-refractivity contribution < 1.29 is 0 Å². The van der Waals surface area contributed by atoms with Gasteiger partial charge in [0.25, 0.3) is 0 Å². The van der Waals surface area contributed by atoms with Gasteiger partial charge in [0.05, 0.1) is 0 Å². The Bertz CT molecular complexity index is 586. The zero-order valence-corrected chi connectivity index (χ0v) is 31.8. The van der Waals surface area contributed by atoms with Gasteiger partial charge in [-0.2, -0.15) is 0 Å². The third-order valence-corrected chi connectivity index (χ3v) is 10.6. The fraction of sp³-hybridized carbons (Fsp3) is 0.953. The molecule has 2 nitrogen and oxygen atoms in total. The quantitative estimate of drug-likeness (QED) is 0.0630. The van der Waals surface area contributed by atoms with Crippen LogP contribution in [-0.4, -0.2) is 29.1 Å². The Morgan fingerprint density at radius 3 is 0.778 bits per heavy atom. The Labute approximate surface area is 286 Å². The van der Waals surface area contributed by atoms with E-state index in [1.807, 2.05) is 0 Å². The lowest BCUT2D eigenvalue weighted by atomic mass is 10.0. The summed E-state index contributed by atoms with van der Waals surface area (Å²) in [4.78, 5) is 5.44. The molecule has 0 aromatic rings. The molecule has 1 rings (SSSR count). The van der Waals surface area contributed by atoms with Crippen LogP contribution < -0.4 is 0 Å². The largest absolute Gasteiger partial charge is 0.356 e. The van der Waals surface area contributed by atoms with Gasteiger partial charge in [-0.1, -0.05) is 220 Å². The van der Waals surface area contributed by atoms with Crippen molar-refractivity contribution in [2.45, 2.75) is 252 Å². The van der Waals surface area contributed by atoms with Gasteiger partial charge in [0, 0.05) is 25.5 Å². The molecule has 0 amide bonds. The van der Waals surface area contributed by atoms with Crippen LogP contribution in [0.3, 0.4) is 0 Å². The van der Waals surface area contributed by atoms with Crippen molar-refractivity contribution in [1.82, 2.24) is 9.80 Å². The molecule has 45 heavy (non-hydrogen) atoms. The lowest BCUT2D eigenvalue weighted by molar-refractivity contribution is 0.135. The molecule has 0 saturated heterocycles. The third-order valence-electron chi connectivity index (χ3n) is 10.6. The number of rotatable bonds is 37. The summed E-state index contributed by atoms with van der Waals surface area (Å²) < 4.78 is 0. The molecular formula is C43H86N2. The van der Waals surface area contributed by atoms with E-state index in [2.05, 4.69) is 43.0 Å². The highest BCUT2D eigenvalue weighted by molar-refractivity contribution is 4.97. The molecule has 0 N–H and O–H groups in total. The summed E-state index contributed by atoms with van der Waals surface area (Å²) >= 11 is 0. The molecule has 0 aromatic heterocycles. The maximum Gasteiger partial charge on any atom is 0.101 e. The van der Waals surface area contributed by atoms with Crippen LogP contribution in [0.1, 0.15) is 245 Å². The number of nitrogens with zero attached hydrogens (tertiary/aromatic N) is 2. The smallest absolute Gasteiger partial charge is 0.101 e. The Balaban J connectivity index is 2.17. The highest BCUT2D eigenvalue weighted by Gasteiger charge is 2.24. The van der Waals surface area contributed by atoms with E-state index in [0.717, 1.165) is 0 Å². The maximum absolute atomic E-state index is 2.72. The minimum Gasteiger partial charge on any atom is -0.356 e. The summed E-state index contributed by atoms with van der Waals surface area (Å²) in [6.07, 6.45) is 55.9. The van der Waals surface area contributed by atoms with Gasteiger partial charge in [0.15, 0.2) is 0 Å². The second kappa shape index (κ2) is 34.7. The van der Waals surface area contributed by atoms with Crippen molar-refractivity contribution >= 4 is 0 Å². The predicted molar refractivity (Wildman–Crippen MR) is 205 cm³/mol. The lowest BCUT2D eigenvalue weighted by Gasteiger charge is -2.33. The van der Waals surface area contributed by atoms with Crippen molar-refractivity contribution in [3.63, 3.8) is 0 Å². The van der Waals surface area contributed by atoms with Gasteiger partial charge in [0.2, 0.25) is 0 Å². The molecule has 1 heterocycles. The first kappa shape index (κ1) is 42.4. The van der Waals surface area contributed by atoms with Crippen LogP contribution in [0, 0.1) is 0 Å². The lowest BCUT2D eigenvalue weighted by Crippen LogP contribution is -2.39. The van der Waals surface area contributed by atoms with Crippen LogP contribution >= 0.6 is 0 Å². The van der Waals surface area contributed by atoms with E-state index in [4.69, 9.17) is 0 Å². The van der Waals surface area contributed by atoms with Crippen LogP contribution in [0.25, 0.3) is 0 Å². The van der Waals surface area contributed by atoms with E-state index < -0.39 is 0 Å². The average molecular weight is 631 g/mol. The maximum atomic E-state index is 2.72. The molecule has 0 bridgehead atoms. The van der Waals surface area contributed by atoms with E-state index in [1.54, 1.807) is 0 Å². The van der Waals surface area contributed by atoms with Crippen LogP contribution in [0.2, 0.25) is 0 Å². The minimum atomic E-state index is 0.639. The fourth-order valence-corrected chi connectivity index (χ4v) is 7.42. The molecule has 0 fully saturated rings. The summed E-state index contributed by atoms with van der Waals surface area (Å²) in [6.45, 7) is 9.48. The van der Waals surface area contributed by atoms with Crippen molar-refractivity contribution in [1.29, 1.82) is 0 Å². The second-order valence-electron chi connectivity index (χ2n) is 15.0. The summed E-state index contributed by atoms with van der Waals surface area (Å²) in [5.74, 6) is 0. The van der Waals surface area contributed by atoms with Crippen molar-refractivity contribution in [2.75, 3.05) is 13.1 Å². The molecule has 0 spiro atoms. The van der Waals surface area contributed by atoms with Gasteiger partial charge in [-0.05, 0) is 25.7 Å². The molecule has 0 saturated carbocycles. The van der Waals surface area contributed by atoms with E-state index in [9.17, 15) is 0 Å². The summed E-state index contributed by atoms with van der Waals surface area (Å²) in [5.41, 5.74) is 0. The first-order chi connectivity index (χ1) is 22.3. The monoisotopic (exact) mass is 631 g/mol. The molecule has 268 valence electrons. The van der Waals surface area contributed by atoms with E-state index >= 15 is 0 Å². The van der Waals surface area contributed by atoms with Crippen LogP contribution in [0.4, 0.5) is 0 Å². The van der Waals surface area contributed by atoms with Gasteiger partial charge >= 0.3 is 0 Å². The zero-order valence-electron chi connectivity index (χ0n) is 31.8. The van der Waals surface area contributed by atoms with Gasteiger partial charge < -0.3 is 9.80 Å². The highest BCUT2D eigenvalue weighted by Crippen LogP contribution is 2.24. The van der Waals surface area contributed by atoms with E-state index in [0.29, 0.717) is 6.17 Å². The summed E-state index contributed by atoms with van der Waals surface area (Å²) in [6, 6.07) is 0. The molecule has 1 atom stereocenters. The predicted octanol–water partition coefficient (Wildman–Crippen LogP) is 15.1. The van der Waals surface area contributed by atoms with E-state index in [1.165, 1.54) is 238 Å². The molecule has 0 aromatic carbocycles. The van der Waals surface area contributed by atoms with Crippen LogP contribution in [0.5, 0.6) is 0 Å². The first-order valence-electron chi connectivity index (χ1n) is 21.5. The minimum absolute atomic E-state index is 0.639. The average Bonchev–Trinajstić information content (AvgIpc) is 3.43. The normalized spacial score (nSPS) is 14.8. The van der Waals surface area contributed by atoms with E-state index in [-0.39, 0.29) is 0 Å². The second-order valence-corrected chi connectivity index (χ2v) is 15.0. The third kappa shape index (κ3) is 27.0. The Morgan fingerprint density at radius 2 is 0.511 bits per heavy atom. The molecule has 1 unspecified atom stereocenters. The highest BCUT2D eigenvalue weighted by atomic mass is 15.4. The molecule has 1 aliphatic rings. The van der Waals surface area contributed by atoms with Gasteiger partial charge in [0.1, 0.15) is 6.17 Å². The SMILES string of the molecule is CCCCCCCCCCCCCCCCCC1N(CCCCCCCCC)C=CN1CCCCCCCCCCCCCC. The topological polar surface area (TPSA) is 6.48 Å². The number of hydrogen-bond acceptors (Lipinski definition) is 2. The summed E-state index contributed by atoms with van der Waals surface area (Å²) in [5, 5.41) is 0. The first-order valence-corrected chi connectivity index (χ1v) is 21.5. The number of unbranched alkanes of at least 4 members (excludes halogenated alkanes) is 31. The van der Waals surface area contributed by atoms with Crippen molar-refractivity contribution in [2.24, 2.45) is 0 Å². The molecule has 0 radical (unpaired) electrons. The summed E-state index contributed by atoms with van der Waals surface area (Å²) in [7, 11) is 0. The molecular weight excluding hydrogens is 544 g/mol. The number of hydrogen-bond donors (Lipinski definition) is 0. The van der Waals surface area contributed by atoms with Gasteiger partial charge in [-0.25, -0.2) is 0 Å². The Hall–Kier alpha value is -0.660. The van der Waals surface area contributed by atoms with Gasteiger partial charge in [-0.15, -0.1) is 0 Å². The van der Waals surface area contributed by atoms with Crippen LogP contribution in [-0.2, 0) is 0 Å². The van der Waals surface area contributed by atoms with Crippen molar-refractivity contribution in [3.8, 4) is 0 Å².